The van der Waals surface area contributed by atoms with Crippen molar-refractivity contribution in [3.8, 4) is 5.75 Å². The minimum absolute atomic E-state index is 0.706. The predicted octanol–water partition coefficient (Wildman–Crippen LogP) is 2.91. The van der Waals surface area contributed by atoms with Crippen molar-refractivity contribution in [3.05, 3.63) is 29.8 Å². The Hall–Kier alpha value is -1.06. The first-order valence-corrected chi connectivity index (χ1v) is 7.85. The Kier molecular flexibility index (Phi) is 5.86. The molecular weight excluding hydrogens is 248 g/mol. The first kappa shape index (κ1) is 15.3. The number of methoxy groups -OCH3 is 1. The zero-order chi connectivity index (χ0) is 14.4. The largest absolute Gasteiger partial charge is 0.497 e. The zero-order valence-corrected chi connectivity index (χ0v) is 13.1. The van der Waals surface area contributed by atoms with Gasteiger partial charge in [-0.05, 0) is 43.1 Å². The molecule has 0 amide bonds. The van der Waals surface area contributed by atoms with Crippen molar-refractivity contribution in [2.24, 2.45) is 5.92 Å². The summed E-state index contributed by atoms with van der Waals surface area (Å²) in [7, 11) is 1.71. The fourth-order valence-corrected chi connectivity index (χ4v) is 3.18. The molecule has 2 rings (SSSR count). The molecule has 0 spiro atoms. The molecule has 0 bridgehead atoms. The normalized spacial score (nSPS) is 23.8. The van der Waals surface area contributed by atoms with E-state index in [4.69, 9.17) is 4.74 Å². The smallest absolute Gasteiger partial charge is 0.118 e. The third-order valence-electron chi connectivity index (χ3n) is 4.37. The summed E-state index contributed by atoms with van der Waals surface area (Å²) >= 11 is 0. The Bertz CT molecular complexity index is 390. The molecule has 3 nitrogen and oxygen atoms in total. The maximum Gasteiger partial charge on any atom is 0.118 e. The highest BCUT2D eigenvalue weighted by Gasteiger charge is 2.27. The van der Waals surface area contributed by atoms with Crippen molar-refractivity contribution in [1.29, 1.82) is 0 Å². The lowest BCUT2D eigenvalue weighted by Crippen LogP contribution is -2.48. The molecule has 2 atom stereocenters. The average Bonchev–Trinajstić information content (AvgIpc) is 2.50. The molecule has 112 valence electrons. The van der Waals surface area contributed by atoms with E-state index in [-0.39, 0.29) is 0 Å². The van der Waals surface area contributed by atoms with Crippen molar-refractivity contribution in [1.82, 2.24) is 10.2 Å². The quantitative estimate of drug-likeness (QED) is 0.864. The second-order valence-electron chi connectivity index (χ2n) is 5.70. The Labute approximate surface area is 123 Å². The van der Waals surface area contributed by atoms with Crippen LogP contribution in [0.1, 0.15) is 32.3 Å². The number of nitrogens with zero attached hydrogens (tertiary/aromatic N) is 1. The fourth-order valence-electron chi connectivity index (χ4n) is 3.18. The summed E-state index contributed by atoms with van der Waals surface area (Å²) in [6, 6.07) is 9.17. The first-order chi connectivity index (χ1) is 9.76. The van der Waals surface area contributed by atoms with Crippen LogP contribution in [0.2, 0.25) is 0 Å². The van der Waals surface area contributed by atoms with Gasteiger partial charge in [-0.3, -0.25) is 4.90 Å². The number of likely N-dealkylation sites (tertiary alicyclic amines) is 1. The number of nitrogens with one attached hydrogen (secondary N) is 1. The number of rotatable bonds is 6. The van der Waals surface area contributed by atoms with Crippen molar-refractivity contribution >= 4 is 0 Å². The number of piperidine rings is 1. The van der Waals surface area contributed by atoms with Gasteiger partial charge in [-0.25, -0.2) is 0 Å². The van der Waals surface area contributed by atoms with E-state index < -0.39 is 0 Å². The number of benzene rings is 1. The van der Waals surface area contributed by atoms with Crippen LogP contribution in [0.5, 0.6) is 5.75 Å². The molecule has 0 saturated carbocycles. The van der Waals surface area contributed by atoms with Gasteiger partial charge < -0.3 is 10.1 Å². The van der Waals surface area contributed by atoms with E-state index in [0.717, 1.165) is 24.8 Å². The van der Waals surface area contributed by atoms with E-state index in [1.165, 1.54) is 31.5 Å². The van der Waals surface area contributed by atoms with Gasteiger partial charge in [-0.1, -0.05) is 32.4 Å². The van der Waals surface area contributed by atoms with Gasteiger partial charge in [0.05, 0.1) is 7.11 Å². The Morgan fingerprint density at radius 3 is 2.60 bits per heavy atom. The molecule has 1 saturated heterocycles. The molecule has 2 unspecified atom stereocenters. The number of ether oxygens (including phenoxy) is 1. The van der Waals surface area contributed by atoms with Gasteiger partial charge in [-0.2, -0.15) is 0 Å². The Morgan fingerprint density at radius 1 is 1.25 bits per heavy atom. The van der Waals surface area contributed by atoms with Crippen LogP contribution in [0.3, 0.4) is 0 Å². The summed E-state index contributed by atoms with van der Waals surface area (Å²) in [6.45, 7) is 9.06. The van der Waals surface area contributed by atoms with Crippen LogP contribution in [-0.4, -0.2) is 37.7 Å². The van der Waals surface area contributed by atoms with E-state index in [0.29, 0.717) is 6.04 Å². The average molecular weight is 276 g/mol. The molecule has 0 aliphatic carbocycles. The van der Waals surface area contributed by atoms with E-state index in [2.05, 4.69) is 48.3 Å². The van der Waals surface area contributed by atoms with Crippen LogP contribution in [0.25, 0.3) is 0 Å². The van der Waals surface area contributed by atoms with E-state index in [1.807, 2.05) is 0 Å². The van der Waals surface area contributed by atoms with Gasteiger partial charge in [0.1, 0.15) is 5.75 Å². The highest BCUT2D eigenvalue weighted by molar-refractivity contribution is 5.27. The molecule has 3 heteroatoms. The molecular formula is C17H28N2O. The lowest BCUT2D eigenvalue weighted by molar-refractivity contribution is 0.129. The van der Waals surface area contributed by atoms with Gasteiger partial charge in [0.2, 0.25) is 0 Å². The highest BCUT2D eigenvalue weighted by Crippen LogP contribution is 2.22. The molecule has 1 N–H and O–H groups in total. The van der Waals surface area contributed by atoms with Crippen LogP contribution in [0.15, 0.2) is 24.3 Å². The summed E-state index contributed by atoms with van der Waals surface area (Å²) in [4.78, 5) is 2.59. The molecule has 1 aliphatic rings. The van der Waals surface area contributed by atoms with Gasteiger partial charge >= 0.3 is 0 Å². The monoisotopic (exact) mass is 276 g/mol. The summed E-state index contributed by atoms with van der Waals surface area (Å²) in [5, 5.41) is 3.64. The molecule has 1 aromatic carbocycles. The zero-order valence-electron chi connectivity index (χ0n) is 13.1. The van der Waals surface area contributed by atoms with Crippen LogP contribution >= 0.6 is 0 Å². The summed E-state index contributed by atoms with van der Waals surface area (Å²) in [5.41, 5.74) is 1.38. The lowest BCUT2D eigenvalue weighted by Gasteiger charge is -2.38. The van der Waals surface area contributed by atoms with Crippen LogP contribution < -0.4 is 10.1 Å². The topological polar surface area (TPSA) is 24.5 Å². The Balaban J connectivity index is 1.90. The maximum absolute atomic E-state index is 5.21. The van der Waals surface area contributed by atoms with Crippen molar-refractivity contribution in [3.63, 3.8) is 0 Å². The molecule has 0 radical (unpaired) electrons. The van der Waals surface area contributed by atoms with Gasteiger partial charge in [0.25, 0.3) is 0 Å². The molecule has 0 aromatic heterocycles. The van der Waals surface area contributed by atoms with Crippen LogP contribution in [-0.2, 0) is 6.54 Å². The van der Waals surface area contributed by atoms with Crippen LogP contribution in [0, 0.1) is 5.92 Å². The van der Waals surface area contributed by atoms with Crippen LogP contribution in [0.4, 0.5) is 0 Å². The first-order valence-electron chi connectivity index (χ1n) is 7.85. The molecule has 1 fully saturated rings. The second-order valence-corrected chi connectivity index (χ2v) is 5.70. The predicted molar refractivity (Wildman–Crippen MR) is 84.1 cm³/mol. The van der Waals surface area contributed by atoms with Crippen molar-refractivity contribution in [2.75, 3.05) is 26.7 Å². The van der Waals surface area contributed by atoms with Gasteiger partial charge in [0, 0.05) is 19.1 Å². The van der Waals surface area contributed by atoms with Gasteiger partial charge in [0.15, 0.2) is 0 Å². The maximum atomic E-state index is 5.21. The van der Waals surface area contributed by atoms with Crippen molar-refractivity contribution in [2.45, 2.75) is 39.3 Å². The summed E-state index contributed by atoms with van der Waals surface area (Å²) < 4.78 is 5.21. The third-order valence-corrected chi connectivity index (χ3v) is 4.37. The van der Waals surface area contributed by atoms with E-state index in [9.17, 15) is 0 Å². The standard InChI is InChI=1S/C17H28N2O/c1-4-15-13-19(11-10-17(15)18-5-2)12-14-6-8-16(20-3)9-7-14/h6-9,15,17-18H,4-5,10-13H2,1-3H3. The Morgan fingerprint density at radius 2 is 2.00 bits per heavy atom. The summed E-state index contributed by atoms with van der Waals surface area (Å²) in [5.74, 6) is 1.72. The molecule has 1 aromatic rings. The highest BCUT2D eigenvalue weighted by atomic mass is 16.5. The lowest BCUT2D eigenvalue weighted by atomic mass is 9.89. The van der Waals surface area contributed by atoms with Crippen molar-refractivity contribution < 1.29 is 4.74 Å². The molecule has 1 heterocycles. The fraction of sp³-hybridized carbons (Fsp3) is 0.647. The third kappa shape index (κ3) is 3.97. The minimum atomic E-state index is 0.706. The number of hydrogen-bond acceptors (Lipinski definition) is 3. The molecule has 1 aliphatic heterocycles. The number of hydrogen-bond donors (Lipinski definition) is 1. The second kappa shape index (κ2) is 7.65. The molecule has 20 heavy (non-hydrogen) atoms. The van der Waals surface area contributed by atoms with E-state index >= 15 is 0 Å². The van der Waals surface area contributed by atoms with Gasteiger partial charge in [-0.15, -0.1) is 0 Å². The summed E-state index contributed by atoms with van der Waals surface area (Å²) in [6.07, 6.45) is 2.53. The minimum Gasteiger partial charge on any atom is -0.497 e. The van der Waals surface area contributed by atoms with E-state index in [1.54, 1.807) is 7.11 Å². The SMILES string of the molecule is CCNC1CCN(Cc2ccc(OC)cc2)CC1CC.